The number of amides is 1. The van der Waals surface area contributed by atoms with E-state index in [-0.39, 0.29) is 17.9 Å². The van der Waals surface area contributed by atoms with Crippen LogP contribution in [0.15, 0.2) is 12.1 Å². The quantitative estimate of drug-likeness (QED) is 0.890. The zero-order valence-electron chi connectivity index (χ0n) is 13.1. The maximum absolute atomic E-state index is 12.6. The molecule has 1 aromatic heterocycles. The molecule has 1 aromatic rings. The van der Waals surface area contributed by atoms with Crippen molar-refractivity contribution in [3.8, 4) is 0 Å². The molecule has 5 nitrogen and oxygen atoms in total. The third-order valence-corrected chi connectivity index (χ3v) is 3.97. The van der Waals surface area contributed by atoms with Gasteiger partial charge in [0.25, 0.3) is 5.91 Å². The Labute approximate surface area is 126 Å². The Bertz CT molecular complexity index is 523. The Morgan fingerprint density at radius 1 is 1.48 bits per heavy atom. The third-order valence-electron chi connectivity index (χ3n) is 3.97. The van der Waals surface area contributed by atoms with Crippen molar-refractivity contribution in [1.29, 1.82) is 0 Å². The largest absolute Gasteiger partial charge is 0.396 e. The van der Waals surface area contributed by atoms with Gasteiger partial charge in [0.05, 0.1) is 0 Å². The van der Waals surface area contributed by atoms with Crippen molar-refractivity contribution in [3.05, 3.63) is 23.4 Å². The lowest BCUT2D eigenvalue weighted by molar-refractivity contribution is 0.0784. The molecule has 0 saturated carbocycles. The number of hydrogen-bond donors (Lipinski definition) is 2. The molecule has 0 radical (unpaired) electrons. The second-order valence-electron chi connectivity index (χ2n) is 6.83. The van der Waals surface area contributed by atoms with Gasteiger partial charge < -0.3 is 15.7 Å². The number of nitrogens with zero attached hydrogens (tertiary/aromatic N) is 2. The van der Waals surface area contributed by atoms with Crippen molar-refractivity contribution in [1.82, 2.24) is 9.88 Å². The van der Waals surface area contributed by atoms with Crippen molar-refractivity contribution >= 4 is 11.7 Å². The van der Waals surface area contributed by atoms with Crippen LogP contribution in [0.1, 0.15) is 49.7 Å². The Hall–Kier alpha value is -1.62. The molecule has 1 saturated heterocycles. The van der Waals surface area contributed by atoms with Gasteiger partial charge in [-0.05, 0) is 30.9 Å². The van der Waals surface area contributed by atoms with Gasteiger partial charge in [-0.15, -0.1) is 0 Å². The maximum Gasteiger partial charge on any atom is 0.254 e. The monoisotopic (exact) mass is 291 g/mol. The molecule has 0 spiro atoms. The summed E-state index contributed by atoms with van der Waals surface area (Å²) < 4.78 is 0. The first-order chi connectivity index (χ1) is 9.81. The first-order valence-corrected chi connectivity index (χ1v) is 7.49. The average Bonchev–Trinajstić information content (AvgIpc) is 2.85. The van der Waals surface area contributed by atoms with Crippen molar-refractivity contribution in [2.24, 2.45) is 5.92 Å². The Morgan fingerprint density at radius 2 is 2.19 bits per heavy atom. The van der Waals surface area contributed by atoms with Crippen LogP contribution in [0.2, 0.25) is 0 Å². The van der Waals surface area contributed by atoms with Crippen molar-refractivity contribution in [2.45, 2.75) is 39.0 Å². The number of carbonyl (C=O) groups is 1. The Balaban J connectivity index is 2.18. The zero-order chi connectivity index (χ0) is 15.6. The van der Waals surface area contributed by atoms with Crippen LogP contribution in [-0.2, 0) is 5.41 Å². The maximum atomic E-state index is 12.6. The summed E-state index contributed by atoms with van der Waals surface area (Å²) >= 11 is 0. The number of aliphatic hydroxyl groups is 1. The second-order valence-corrected chi connectivity index (χ2v) is 6.83. The smallest absolute Gasteiger partial charge is 0.254 e. The normalized spacial score (nSPS) is 19.0. The Morgan fingerprint density at radius 3 is 2.81 bits per heavy atom. The van der Waals surface area contributed by atoms with E-state index in [0.717, 1.165) is 25.1 Å². The predicted molar refractivity (Wildman–Crippen MR) is 83.1 cm³/mol. The number of carbonyl (C=O) groups excluding carboxylic acids is 1. The van der Waals surface area contributed by atoms with Crippen molar-refractivity contribution in [3.63, 3.8) is 0 Å². The molecular formula is C16H25N3O2. The highest BCUT2D eigenvalue weighted by molar-refractivity contribution is 5.95. The molecule has 0 bridgehead atoms. The number of nitrogens with two attached hydrogens (primary N) is 1. The molecule has 0 aromatic carbocycles. The van der Waals surface area contributed by atoms with Gasteiger partial charge in [0.15, 0.2) is 0 Å². The van der Waals surface area contributed by atoms with Crippen molar-refractivity contribution < 1.29 is 9.90 Å². The summed E-state index contributed by atoms with van der Waals surface area (Å²) in [6.07, 6.45) is 1.72. The summed E-state index contributed by atoms with van der Waals surface area (Å²) in [6.45, 7) is 7.80. The van der Waals surface area contributed by atoms with E-state index in [2.05, 4.69) is 25.8 Å². The first kappa shape index (κ1) is 15.8. The van der Waals surface area contributed by atoms with Crippen LogP contribution in [0.5, 0.6) is 0 Å². The van der Waals surface area contributed by atoms with Crippen LogP contribution in [-0.4, -0.2) is 40.6 Å². The number of pyridine rings is 1. The highest BCUT2D eigenvalue weighted by Gasteiger charge is 2.27. The van der Waals surface area contributed by atoms with Crippen LogP contribution in [0.3, 0.4) is 0 Å². The molecule has 1 atom stereocenters. The van der Waals surface area contributed by atoms with Gasteiger partial charge in [-0.25, -0.2) is 4.98 Å². The molecule has 2 rings (SSSR count). The topological polar surface area (TPSA) is 79.5 Å². The number of likely N-dealkylation sites (tertiary alicyclic amines) is 1. The molecule has 3 N–H and O–H groups in total. The Kier molecular flexibility index (Phi) is 4.52. The van der Waals surface area contributed by atoms with Crippen molar-refractivity contribution in [2.75, 3.05) is 25.4 Å². The number of nitrogen functional groups attached to an aromatic ring is 1. The van der Waals surface area contributed by atoms with E-state index in [1.54, 1.807) is 6.07 Å². The summed E-state index contributed by atoms with van der Waals surface area (Å²) in [5.74, 6) is 0.798. The lowest BCUT2D eigenvalue weighted by atomic mass is 9.90. The van der Waals surface area contributed by atoms with Gasteiger partial charge in [-0.3, -0.25) is 4.79 Å². The van der Waals surface area contributed by atoms with Gasteiger partial charge in [-0.1, -0.05) is 20.8 Å². The molecule has 1 unspecified atom stereocenters. The summed E-state index contributed by atoms with van der Waals surface area (Å²) in [7, 11) is 0. The summed E-state index contributed by atoms with van der Waals surface area (Å²) in [6, 6.07) is 3.50. The molecule has 116 valence electrons. The second kappa shape index (κ2) is 6.02. The molecule has 1 aliphatic rings. The van der Waals surface area contributed by atoms with Gasteiger partial charge in [0.2, 0.25) is 0 Å². The average molecular weight is 291 g/mol. The van der Waals surface area contributed by atoms with E-state index in [1.165, 1.54) is 0 Å². The number of rotatable bonds is 3. The zero-order valence-corrected chi connectivity index (χ0v) is 13.1. The van der Waals surface area contributed by atoms with Crippen LogP contribution < -0.4 is 5.73 Å². The van der Waals surface area contributed by atoms with Crippen LogP contribution in [0.4, 0.5) is 5.82 Å². The van der Waals surface area contributed by atoms with E-state index in [0.29, 0.717) is 23.8 Å². The minimum Gasteiger partial charge on any atom is -0.396 e. The van der Waals surface area contributed by atoms with Crippen LogP contribution in [0, 0.1) is 5.92 Å². The predicted octanol–water partition coefficient (Wildman–Crippen LogP) is 1.81. The summed E-state index contributed by atoms with van der Waals surface area (Å²) in [5, 5.41) is 9.00. The number of aliphatic hydroxyl groups excluding tert-OH is 1. The van der Waals surface area contributed by atoms with Gasteiger partial charge in [0.1, 0.15) is 5.82 Å². The number of hydrogen-bond acceptors (Lipinski definition) is 4. The van der Waals surface area contributed by atoms with Gasteiger partial charge in [0, 0.05) is 36.4 Å². The molecule has 0 aliphatic carbocycles. The van der Waals surface area contributed by atoms with E-state index in [9.17, 15) is 4.79 Å². The summed E-state index contributed by atoms with van der Waals surface area (Å²) in [5.41, 5.74) is 7.15. The molecule has 1 amide bonds. The summed E-state index contributed by atoms with van der Waals surface area (Å²) in [4.78, 5) is 18.8. The molecule has 5 heteroatoms. The minimum absolute atomic E-state index is 0.00930. The SMILES string of the molecule is CC(C)(C)c1cc(C(=O)N2CCC(CCO)C2)cc(N)n1. The molecule has 21 heavy (non-hydrogen) atoms. The number of aromatic nitrogens is 1. The van der Waals surface area contributed by atoms with Crippen LogP contribution >= 0.6 is 0 Å². The fourth-order valence-electron chi connectivity index (χ4n) is 2.68. The lowest BCUT2D eigenvalue weighted by Crippen LogP contribution is -2.29. The number of anilines is 1. The molecule has 2 heterocycles. The molecule has 1 aliphatic heterocycles. The molecule has 1 fully saturated rings. The lowest BCUT2D eigenvalue weighted by Gasteiger charge is -2.21. The fraction of sp³-hybridized carbons (Fsp3) is 0.625. The third kappa shape index (κ3) is 3.73. The minimum atomic E-state index is -0.144. The highest BCUT2D eigenvalue weighted by atomic mass is 16.3. The van der Waals surface area contributed by atoms with Crippen LogP contribution in [0.25, 0.3) is 0 Å². The molecular weight excluding hydrogens is 266 g/mol. The van der Waals surface area contributed by atoms with E-state index < -0.39 is 0 Å². The first-order valence-electron chi connectivity index (χ1n) is 7.49. The van der Waals surface area contributed by atoms with E-state index in [4.69, 9.17) is 10.8 Å². The fourth-order valence-corrected chi connectivity index (χ4v) is 2.68. The van der Waals surface area contributed by atoms with Gasteiger partial charge >= 0.3 is 0 Å². The highest BCUT2D eigenvalue weighted by Crippen LogP contribution is 2.25. The van der Waals surface area contributed by atoms with E-state index in [1.807, 2.05) is 11.0 Å². The standard InChI is InChI=1S/C16H25N3O2/c1-16(2,3)13-8-12(9-14(17)18-13)15(21)19-6-4-11(10-19)5-7-20/h8-9,11,20H,4-7,10H2,1-3H3,(H2,17,18). The van der Waals surface area contributed by atoms with Gasteiger partial charge in [-0.2, -0.15) is 0 Å². The van der Waals surface area contributed by atoms with E-state index >= 15 is 0 Å².